The van der Waals surface area contributed by atoms with Crippen LogP contribution in [0.25, 0.3) is 0 Å². The van der Waals surface area contributed by atoms with E-state index < -0.39 is 0 Å². The predicted octanol–water partition coefficient (Wildman–Crippen LogP) is 2.83. The molecule has 7 nitrogen and oxygen atoms in total. The molecule has 9 heteroatoms. The average Bonchev–Trinajstić information content (AvgIpc) is 2.67. The zero-order chi connectivity index (χ0) is 18.4. The molecular formula is C19H25Cl2N3O4. The molecule has 2 N–H and O–H groups in total. The maximum absolute atomic E-state index is 12.5. The first kappa shape index (κ1) is 24.0. The highest BCUT2D eigenvalue weighted by molar-refractivity contribution is 5.95. The highest BCUT2D eigenvalue weighted by Gasteiger charge is 2.28. The number of methoxy groups -OCH3 is 1. The third kappa shape index (κ3) is 6.24. The van der Waals surface area contributed by atoms with Crippen LogP contribution in [0.3, 0.4) is 0 Å². The molecule has 0 radical (unpaired) electrons. The van der Waals surface area contributed by atoms with Crippen LogP contribution in [0.1, 0.15) is 12.5 Å². The summed E-state index contributed by atoms with van der Waals surface area (Å²) in [5, 5.41) is 6.08. The minimum absolute atomic E-state index is 0. The summed E-state index contributed by atoms with van der Waals surface area (Å²) in [6.45, 7) is 3.53. The van der Waals surface area contributed by atoms with Gasteiger partial charge in [0.05, 0.1) is 19.8 Å². The number of pyridine rings is 1. The summed E-state index contributed by atoms with van der Waals surface area (Å²) in [5.74, 6) is 1.02. The molecule has 3 rings (SSSR count). The first-order valence-corrected chi connectivity index (χ1v) is 8.53. The number of carbonyl (C=O) groups is 1. The molecule has 2 atom stereocenters. The van der Waals surface area contributed by atoms with Gasteiger partial charge in [0.2, 0.25) is 5.91 Å². The molecule has 154 valence electrons. The minimum Gasteiger partial charge on any atom is -0.493 e. The van der Waals surface area contributed by atoms with E-state index in [4.69, 9.17) is 14.2 Å². The van der Waals surface area contributed by atoms with Crippen LogP contribution in [0.15, 0.2) is 42.7 Å². The molecule has 2 heterocycles. The SMILES string of the molecule is COc1ccc(NC(=O)[C@H]2NCCO[C@@H]2C)cc1OCc1ccncc1.Cl.Cl. The van der Waals surface area contributed by atoms with Crippen LogP contribution < -0.4 is 20.1 Å². The molecule has 0 saturated carbocycles. The fourth-order valence-electron chi connectivity index (χ4n) is 2.75. The lowest BCUT2D eigenvalue weighted by Gasteiger charge is -2.29. The Bertz CT molecular complexity index is 749. The molecule has 1 saturated heterocycles. The Morgan fingerprint density at radius 1 is 1.25 bits per heavy atom. The van der Waals surface area contributed by atoms with E-state index in [1.54, 1.807) is 37.7 Å². The number of rotatable bonds is 6. The number of amides is 1. The number of morpholine rings is 1. The first-order valence-electron chi connectivity index (χ1n) is 8.53. The van der Waals surface area contributed by atoms with Crippen LogP contribution >= 0.6 is 24.8 Å². The number of nitrogens with zero attached hydrogens (tertiary/aromatic N) is 1. The van der Waals surface area contributed by atoms with Gasteiger partial charge in [-0.2, -0.15) is 0 Å². The van der Waals surface area contributed by atoms with Gasteiger partial charge in [-0.25, -0.2) is 0 Å². The summed E-state index contributed by atoms with van der Waals surface area (Å²) in [5.41, 5.74) is 1.63. The van der Waals surface area contributed by atoms with Crippen molar-refractivity contribution < 1.29 is 19.0 Å². The van der Waals surface area contributed by atoms with Gasteiger partial charge in [-0.3, -0.25) is 9.78 Å². The maximum Gasteiger partial charge on any atom is 0.244 e. The fourth-order valence-corrected chi connectivity index (χ4v) is 2.75. The zero-order valence-corrected chi connectivity index (χ0v) is 17.3. The number of aromatic nitrogens is 1. The number of anilines is 1. The van der Waals surface area contributed by atoms with E-state index in [9.17, 15) is 4.79 Å². The van der Waals surface area contributed by atoms with Crippen molar-refractivity contribution in [3.63, 3.8) is 0 Å². The number of nitrogens with one attached hydrogen (secondary N) is 2. The molecule has 28 heavy (non-hydrogen) atoms. The van der Waals surface area contributed by atoms with Gasteiger partial charge < -0.3 is 24.8 Å². The van der Waals surface area contributed by atoms with Crippen molar-refractivity contribution in [1.29, 1.82) is 0 Å². The van der Waals surface area contributed by atoms with Gasteiger partial charge in [-0.05, 0) is 36.8 Å². The van der Waals surface area contributed by atoms with E-state index >= 15 is 0 Å². The third-order valence-corrected chi connectivity index (χ3v) is 4.17. The highest BCUT2D eigenvalue weighted by Crippen LogP contribution is 2.31. The minimum atomic E-state index is -0.382. The van der Waals surface area contributed by atoms with Crippen molar-refractivity contribution in [3.05, 3.63) is 48.3 Å². The Labute approximate surface area is 177 Å². The Balaban J connectivity index is 0.00000196. The van der Waals surface area contributed by atoms with Gasteiger partial charge in [0, 0.05) is 30.7 Å². The van der Waals surface area contributed by atoms with Crippen molar-refractivity contribution in [3.8, 4) is 11.5 Å². The number of hydrogen-bond donors (Lipinski definition) is 2. The van der Waals surface area contributed by atoms with Crippen molar-refractivity contribution in [1.82, 2.24) is 10.3 Å². The van der Waals surface area contributed by atoms with E-state index in [0.717, 1.165) is 5.56 Å². The second-order valence-electron chi connectivity index (χ2n) is 6.01. The number of carbonyl (C=O) groups excluding carboxylic acids is 1. The van der Waals surface area contributed by atoms with Crippen LogP contribution in [0.4, 0.5) is 5.69 Å². The molecule has 1 fully saturated rings. The van der Waals surface area contributed by atoms with Gasteiger partial charge in [-0.1, -0.05) is 0 Å². The van der Waals surface area contributed by atoms with Crippen molar-refractivity contribution >= 4 is 36.4 Å². The molecule has 2 aromatic rings. The van der Waals surface area contributed by atoms with Crippen LogP contribution in [0.2, 0.25) is 0 Å². The summed E-state index contributed by atoms with van der Waals surface area (Å²) < 4.78 is 16.7. The van der Waals surface area contributed by atoms with Gasteiger partial charge in [0.25, 0.3) is 0 Å². The summed E-state index contributed by atoms with van der Waals surface area (Å²) in [6.07, 6.45) is 3.25. The van der Waals surface area contributed by atoms with Crippen LogP contribution in [-0.2, 0) is 16.1 Å². The predicted molar refractivity (Wildman–Crippen MR) is 112 cm³/mol. The van der Waals surface area contributed by atoms with Crippen molar-refractivity contribution in [2.75, 3.05) is 25.6 Å². The second-order valence-corrected chi connectivity index (χ2v) is 6.01. The van der Waals surface area contributed by atoms with E-state index in [0.29, 0.717) is 36.9 Å². The third-order valence-electron chi connectivity index (χ3n) is 4.17. The zero-order valence-electron chi connectivity index (χ0n) is 15.7. The molecule has 1 amide bonds. The van der Waals surface area contributed by atoms with Gasteiger partial charge in [0.15, 0.2) is 11.5 Å². The number of halogens is 2. The topological polar surface area (TPSA) is 81.7 Å². The molecule has 1 aromatic carbocycles. The standard InChI is InChI=1S/C19H23N3O4.2ClH/c1-13-18(21-9-10-25-13)19(23)22-15-3-4-16(24-2)17(11-15)26-12-14-5-7-20-8-6-14;;/h3-8,11,13,18,21H,9-10,12H2,1-2H3,(H,22,23);2*1H/t13-,18+;;/m1../s1. The Morgan fingerprint density at radius 2 is 2.00 bits per heavy atom. The number of ether oxygens (including phenoxy) is 3. The normalized spacial score (nSPS) is 18.2. The largest absolute Gasteiger partial charge is 0.493 e. The van der Waals surface area contributed by atoms with Crippen molar-refractivity contribution in [2.24, 2.45) is 0 Å². The van der Waals surface area contributed by atoms with Crippen LogP contribution in [0, 0.1) is 0 Å². The average molecular weight is 430 g/mol. The van der Waals surface area contributed by atoms with Crippen LogP contribution in [-0.4, -0.2) is 43.3 Å². The second kappa shape index (κ2) is 11.7. The van der Waals surface area contributed by atoms with Gasteiger partial charge in [0.1, 0.15) is 12.6 Å². The van der Waals surface area contributed by atoms with E-state index in [2.05, 4.69) is 15.6 Å². The maximum atomic E-state index is 12.5. The van der Waals surface area contributed by atoms with Gasteiger partial charge in [-0.15, -0.1) is 24.8 Å². The first-order chi connectivity index (χ1) is 12.7. The molecule has 1 aromatic heterocycles. The number of hydrogen-bond acceptors (Lipinski definition) is 6. The molecule has 0 aliphatic carbocycles. The Morgan fingerprint density at radius 3 is 2.68 bits per heavy atom. The smallest absolute Gasteiger partial charge is 0.244 e. The molecule has 0 unspecified atom stereocenters. The molecule has 0 bridgehead atoms. The lowest BCUT2D eigenvalue weighted by Crippen LogP contribution is -2.53. The summed E-state index contributed by atoms with van der Waals surface area (Å²) in [7, 11) is 1.58. The number of benzene rings is 1. The summed E-state index contributed by atoms with van der Waals surface area (Å²) >= 11 is 0. The van der Waals surface area contributed by atoms with E-state index in [-0.39, 0.29) is 42.9 Å². The molecule has 1 aliphatic rings. The van der Waals surface area contributed by atoms with E-state index in [1.165, 1.54) is 0 Å². The lowest BCUT2D eigenvalue weighted by atomic mass is 10.1. The van der Waals surface area contributed by atoms with Gasteiger partial charge >= 0.3 is 0 Å². The van der Waals surface area contributed by atoms with Crippen molar-refractivity contribution in [2.45, 2.75) is 25.7 Å². The molecular weight excluding hydrogens is 405 g/mol. The Hall–Kier alpha value is -2.06. The molecule has 1 aliphatic heterocycles. The summed E-state index contributed by atoms with van der Waals surface area (Å²) in [6, 6.07) is 8.69. The quantitative estimate of drug-likeness (QED) is 0.734. The molecule has 0 spiro atoms. The fraction of sp³-hybridized carbons (Fsp3) is 0.368. The Kier molecular flexibility index (Phi) is 10.0. The van der Waals surface area contributed by atoms with E-state index in [1.807, 2.05) is 19.1 Å². The lowest BCUT2D eigenvalue weighted by molar-refractivity contribution is -0.123. The van der Waals surface area contributed by atoms with Crippen LogP contribution in [0.5, 0.6) is 11.5 Å². The summed E-state index contributed by atoms with van der Waals surface area (Å²) in [4.78, 5) is 16.5. The monoisotopic (exact) mass is 429 g/mol. The highest BCUT2D eigenvalue weighted by atomic mass is 35.5.